The van der Waals surface area contributed by atoms with Crippen molar-refractivity contribution < 1.29 is 14.3 Å². The topological polar surface area (TPSA) is 55.4 Å². The third-order valence-electron chi connectivity index (χ3n) is 1.97. The molecule has 0 heterocycles. The number of amides is 1. The summed E-state index contributed by atoms with van der Waals surface area (Å²) in [4.78, 5) is 22.5. The molecule has 5 heteroatoms. The highest BCUT2D eigenvalue weighted by atomic mass is 35.5. The van der Waals surface area contributed by atoms with E-state index in [1.807, 2.05) is 0 Å². The number of carbonyl (C=O) groups is 2. The van der Waals surface area contributed by atoms with Crippen molar-refractivity contribution in [2.24, 2.45) is 0 Å². The molecule has 17 heavy (non-hydrogen) atoms. The third kappa shape index (κ3) is 5.36. The molecular formula is C12H14ClNO3. The summed E-state index contributed by atoms with van der Waals surface area (Å²) in [7, 11) is 0. The first-order valence-electron chi connectivity index (χ1n) is 5.33. The molecule has 0 aliphatic carbocycles. The molecule has 0 aliphatic heterocycles. The average molecular weight is 256 g/mol. The van der Waals surface area contributed by atoms with E-state index >= 15 is 0 Å². The van der Waals surface area contributed by atoms with Gasteiger partial charge in [0.25, 0.3) is 0 Å². The lowest BCUT2D eigenvalue weighted by molar-refractivity contribution is -0.144. The largest absolute Gasteiger partial charge is 0.466 e. The number of hydrogen-bond donors (Lipinski definition) is 1. The quantitative estimate of drug-likeness (QED) is 0.823. The van der Waals surface area contributed by atoms with Crippen molar-refractivity contribution in [1.82, 2.24) is 0 Å². The highest BCUT2D eigenvalue weighted by Gasteiger charge is 2.07. The highest BCUT2D eigenvalue weighted by Crippen LogP contribution is 2.15. The summed E-state index contributed by atoms with van der Waals surface area (Å²) in [6.07, 6.45) is 0.186. The first-order chi connectivity index (χ1) is 8.11. The van der Waals surface area contributed by atoms with Crippen LogP contribution in [0.2, 0.25) is 5.02 Å². The maximum atomic E-state index is 11.5. The molecule has 0 spiro atoms. The van der Waals surface area contributed by atoms with Crippen LogP contribution in [0.3, 0.4) is 0 Å². The van der Waals surface area contributed by atoms with Gasteiger partial charge in [0.1, 0.15) is 0 Å². The standard InChI is InChI=1S/C12H14ClNO3/c1-2-17-12(16)7-6-11(15)14-10-5-3-4-9(13)8-10/h3-5,8H,2,6-7H2,1H3,(H,14,15). The molecule has 0 atom stereocenters. The van der Waals surface area contributed by atoms with Crippen LogP contribution in [0.15, 0.2) is 24.3 Å². The fourth-order valence-electron chi connectivity index (χ4n) is 1.24. The zero-order valence-electron chi connectivity index (χ0n) is 9.53. The molecule has 0 aromatic heterocycles. The summed E-state index contributed by atoms with van der Waals surface area (Å²) in [5.74, 6) is -0.603. The molecule has 1 rings (SSSR count). The fraction of sp³-hybridized carbons (Fsp3) is 0.333. The Labute approximate surface area is 105 Å². The molecule has 0 fully saturated rings. The predicted octanol–water partition coefficient (Wildman–Crippen LogP) is 2.62. The van der Waals surface area contributed by atoms with Crippen LogP contribution in [-0.4, -0.2) is 18.5 Å². The second kappa shape index (κ2) is 6.91. The second-order valence-corrected chi connectivity index (χ2v) is 3.80. The minimum absolute atomic E-state index is 0.0836. The van der Waals surface area contributed by atoms with E-state index in [2.05, 4.69) is 5.32 Å². The van der Waals surface area contributed by atoms with Crippen LogP contribution in [0.1, 0.15) is 19.8 Å². The van der Waals surface area contributed by atoms with Gasteiger partial charge in [0.05, 0.1) is 13.0 Å². The molecular weight excluding hydrogens is 242 g/mol. The van der Waals surface area contributed by atoms with E-state index in [-0.39, 0.29) is 24.7 Å². The Bertz CT molecular complexity index is 406. The number of hydrogen-bond acceptors (Lipinski definition) is 3. The Hall–Kier alpha value is -1.55. The molecule has 1 aromatic carbocycles. The van der Waals surface area contributed by atoms with Gasteiger partial charge in [0, 0.05) is 17.1 Å². The molecule has 92 valence electrons. The van der Waals surface area contributed by atoms with Gasteiger partial charge in [-0.3, -0.25) is 9.59 Å². The van der Waals surface area contributed by atoms with Crippen molar-refractivity contribution in [3.8, 4) is 0 Å². The maximum Gasteiger partial charge on any atom is 0.306 e. The van der Waals surface area contributed by atoms with E-state index in [1.165, 1.54) is 0 Å². The average Bonchev–Trinajstić information content (AvgIpc) is 2.27. The minimum Gasteiger partial charge on any atom is -0.466 e. The number of benzene rings is 1. The molecule has 0 saturated heterocycles. The third-order valence-corrected chi connectivity index (χ3v) is 2.20. The van der Waals surface area contributed by atoms with Crippen LogP contribution in [-0.2, 0) is 14.3 Å². The highest BCUT2D eigenvalue weighted by molar-refractivity contribution is 6.30. The first-order valence-corrected chi connectivity index (χ1v) is 5.70. The molecule has 0 saturated carbocycles. The van der Waals surface area contributed by atoms with Gasteiger partial charge in [-0.25, -0.2) is 0 Å². The first kappa shape index (κ1) is 13.5. The molecule has 0 unspecified atom stereocenters. The Morgan fingerprint density at radius 1 is 1.35 bits per heavy atom. The fourth-order valence-corrected chi connectivity index (χ4v) is 1.43. The van der Waals surface area contributed by atoms with Crippen LogP contribution >= 0.6 is 11.6 Å². The smallest absolute Gasteiger partial charge is 0.306 e. The van der Waals surface area contributed by atoms with Crippen LogP contribution in [0.25, 0.3) is 0 Å². The van der Waals surface area contributed by atoms with E-state index < -0.39 is 0 Å². The van der Waals surface area contributed by atoms with Crippen LogP contribution in [0.5, 0.6) is 0 Å². The summed E-state index contributed by atoms with van der Waals surface area (Å²) >= 11 is 5.77. The van der Waals surface area contributed by atoms with Gasteiger partial charge in [-0.15, -0.1) is 0 Å². The maximum absolute atomic E-state index is 11.5. The van der Waals surface area contributed by atoms with Crippen molar-refractivity contribution in [2.45, 2.75) is 19.8 Å². The van der Waals surface area contributed by atoms with Crippen molar-refractivity contribution in [2.75, 3.05) is 11.9 Å². The lowest BCUT2D eigenvalue weighted by Crippen LogP contribution is -2.14. The second-order valence-electron chi connectivity index (χ2n) is 3.36. The summed E-state index contributed by atoms with van der Waals surface area (Å²) in [6.45, 7) is 2.05. The van der Waals surface area contributed by atoms with Gasteiger partial charge >= 0.3 is 5.97 Å². The van der Waals surface area contributed by atoms with Gasteiger partial charge in [0.2, 0.25) is 5.91 Å². The van der Waals surface area contributed by atoms with E-state index in [0.29, 0.717) is 17.3 Å². The molecule has 0 bridgehead atoms. The molecule has 0 radical (unpaired) electrons. The number of nitrogens with one attached hydrogen (secondary N) is 1. The van der Waals surface area contributed by atoms with E-state index in [1.54, 1.807) is 31.2 Å². The number of halogens is 1. The van der Waals surface area contributed by atoms with Crippen LogP contribution in [0, 0.1) is 0 Å². The number of anilines is 1. The number of rotatable bonds is 5. The van der Waals surface area contributed by atoms with Gasteiger partial charge in [0.15, 0.2) is 0 Å². The van der Waals surface area contributed by atoms with Gasteiger partial charge in [-0.05, 0) is 25.1 Å². The molecule has 4 nitrogen and oxygen atoms in total. The van der Waals surface area contributed by atoms with Crippen molar-refractivity contribution >= 4 is 29.2 Å². The Morgan fingerprint density at radius 2 is 2.12 bits per heavy atom. The van der Waals surface area contributed by atoms with Crippen molar-refractivity contribution in [3.63, 3.8) is 0 Å². The number of carbonyl (C=O) groups excluding carboxylic acids is 2. The molecule has 1 amide bonds. The Balaban J connectivity index is 2.37. The predicted molar refractivity (Wildman–Crippen MR) is 65.9 cm³/mol. The summed E-state index contributed by atoms with van der Waals surface area (Å²) in [6, 6.07) is 6.83. The minimum atomic E-state index is -0.367. The number of ether oxygens (including phenoxy) is 1. The van der Waals surface area contributed by atoms with Gasteiger partial charge < -0.3 is 10.1 Å². The summed E-state index contributed by atoms with van der Waals surface area (Å²) in [5, 5.41) is 3.20. The zero-order valence-corrected chi connectivity index (χ0v) is 10.3. The lowest BCUT2D eigenvalue weighted by Gasteiger charge is -2.05. The van der Waals surface area contributed by atoms with E-state index in [0.717, 1.165) is 0 Å². The summed E-state index contributed by atoms with van der Waals surface area (Å²) in [5.41, 5.74) is 0.617. The lowest BCUT2D eigenvalue weighted by atomic mass is 10.2. The van der Waals surface area contributed by atoms with Crippen LogP contribution in [0.4, 0.5) is 5.69 Å². The normalized spacial score (nSPS) is 9.76. The number of esters is 1. The van der Waals surface area contributed by atoms with E-state index in [9.17, 15) is 9.59 Å². The molecule has 0 aliphatic rings. The van der Waals surface area contributed by atoms with Crippen molar-refractivity contribution in [3.05, 3.63) is 29.3 Å². The van der Waals surface area contributed by atoms with Crippen LogP contribution < -0.4 is 5.32 Å². The SMILES string of the molecule is CCOC(=O)CCC(=O)Nc1cccc(Cl)c1. The summed E-state index contributed by atoms with van der Waals surface area (Å²) < 4.78 is 4.72. The van der Waals surface area contributed by atoms with Crippen molar-refractivity contribution in [1.29, 1.82) is 0 Å². The Kier molecular flexibility index (Phi) is 5.49. The monoisotopic (exact) mass is 255 g/mol. The molecule has 1 N–H and O–H groups in total. The van der Waals surface area contributed by atoms with E-state index in [4.69, 9.17) is 16.3 Å². The zero-order chi connectivity index (χ0) is 12.7. The Morgan fingerprint density at radius 3 is 2.76 bits per heavy atom. The molecule has 1 aromatic rings. The van der Waals surface area contributed by atoms with Gasteiger partial charge in [-0.2, -0.15) is 0 Å². The van der Waals surface area contributed by atoms with Gasteiger partial charge in [-0.1, -0.05) is 17.7 Å².